The van der Waals surface area contributed by atoms with Gasteiger partial charge in [0.05, 0.1) is 26.9 Å². The summed E-state index contributed by atoms with van der Waals surface area (Å²) in [5, 5.41) is 20.5. The summed E-state index contributed by atoms with van der Waals surface area (Å²) in [4.78, 5) is 12.3. The Morgan fingerprint density at radius 3 is 2.39 bits per heavy atom. The van der Waals surface area contributed by atoms with E-state index in [2.05, 4.69) is 15.6 Å². The fourth-order valence-electron chi connectivity index (χ4n) is 2.62. The molecule has 3 aromatic rings. The molecule has 2 N–H and O–H groups in total. The fourth-order valence-corrected chi connectivity index (χ4v) is 2.62. The van der Waals surface area contributed by atoms with Crippen molar-refractivity contribution in [3.63, 3.8) is 0 Å². The molecule has 2 aromatic carbocycles. The lowest BCUT2D eigenvalue weighted by molar-refractivity contribution is 0.0520. The van der Waals surface area contributed by atoms with Gasteiger partial charge in [0.2, 0.25) is 5.69 Å². The second kappa shape index (κ2) is 9.01. The smallest absolute Gasteiger partial charge is 0.362 e. The van der Waals surface area contributed by atoms with E-state index in [-0.39, 0.29) is 18.9 Å². The van der Waals surface area contributed by atoms with Crippen LogP contribution in [0.25, 0.3) is 0 Å². The molecule has 3 rings (SSSR count). The minimum atomic E-state index is -0.541. The SMILES string of the molecule is CCOC(=O)c1nnn(Cc2ccc(CO)cc2)c1Nc1ccc(OC)cc1. The van der Waals surface area contributed by atoms with Gasteiger partial charge in [-0.15, -0.1) is 5.10 Å². The summed E-state index contributed by atoms with van der Waals surface area (Å²) in [6, 6.07) is 14.8. The molecular weight excluding hydrogens is 360 g/mol. The highest BCUT2D eigenvalue weighted by molar-refractivity contribution is 5.93. The Balaban J connectivity index is 1.90. The Hall–Kier alpha value is -3.39. The molecule has 0 spiro atoms. The maximum absolute atomic E-state index is 12.3. The summed E-state index contributed by atoms with van der Waals surface area (Å²) in [6.07, 6.45) is 0. The number of aliphatic hydroxyl groups is 1. The minimum Gasteiger partial charge on any atom is -0.497 e. The zero-order valence-corrected chi connectivity index (χ0v) is 15.8. The highest BCUT2D eigenvalue weighted by Gasteiger charge is 2.21. The third-order valence-electron chi connectivity index (χ3n) is 4.09. The van der Waals surface area contributed by atoms with Crippen LogP contribution in [0.2, 0.25) is 0 Å². The second-order valence-electron chi connectivity index (χ2n) is 5.99. The van der Waals surface area contributed by atoms with E-state index in [4.69, 9.17) is 9.47 Å². The van der Waals surface area contributed by atoms with Gasteiger partial charge < -0.3 is 19.9 Å². The van der Waals surface area contributed by atoms with Crippen LogP contribution < -0.4 is 10.1 Å². The Labute approximate surface area is 162 Å². The molecule has 8 heteroatoms. The molecule has 0 amide bonds. The molecule has 0 radical (unpaired) electrons. The molecule has 8 nitrogen and oxygen atoms in total. The molecule has 1 heterocycles. The van der Waals surface area contributed by atoms with Crippen molar-refractivity contribution in [1.29, 1.82) is 0 Å². The summed E-state index contributed by atoms with van der Waals surface area (Å²) < 4.78 is 11.9. The van der Waals surface area contributed by atoms with Crippen LogP contribution in [0, 0.1) is 0 Å². The predicted molar refractivity (Wildman–Crippen MR) is 104 cm³/mol. The molecule has 0 fully saturated rings. The first-order chi connectivity index (χ1) is 13.6. The van der Waals surface area contributed by atoms with Gasteiger partial charge in [-0.05, 0) is 42.3 Å². The molecule has 0 saturated heterocycles. The monoisotopic (exact) mass is 382 g/mol. The second-order valence-corrected chi connectivity index (χ2v) is 5.99. The Morgan fingerprint density at radius 1 is 1.11 bits per heavy atom. The summed E-state index contributed by atoms with van der Waals surface area (Å²) in [6.45, 7) is 2.37. The lowest BCUT2D eigenvalue weighted by atomic mass is 10.1. The van der Waals surface area contributed by atoms with Gasteiger partial charge in [-0.1, -0.05) is 29.5 Å². The normalized spacial score (nSPS) is 10.5. The van der Waals surface area contributed by atoms with Crippen LogP contribution in [-0.2, 0) is 17.9 Å². The van der Waals surface area contributed by atoms with Crippen molar-refractivity contribution < 1.29 is 19.4 Å². The molecule has 0 aliphatic rings. The quantitative estimate of drug-likeness (QED) is 0.578. The van der Waals surface area contributed by atoms with Gasteiger partial charge in [0.1, 0.15) is 5.75 Å². The van der Waals surface area contributed by atoms with Crippen LogP contribution >= 0.6 is 0 Å². The standard InChI is InChI=1S/C20H22N4O4/c1-3-28-20(26)18-19(21-16-8-10-17(27-2)11-9-16)24(23-22-18)12-14-4-6-15(13-25)7-5-14/h4-11,21,25H,3,12-13H2,1-2H3. The molecule has 0 saturated carbocycles. The number of ether oxygens (including phenoxy) is 2. The largest absolute Gasteiger partial charge is 0.497 e. The number of hydrogen-bond acceptors (Lipinski definition) is 7. The molecule has 0 unspecified atom stereocenters. The molecule has 146 valence electrons. The summed E-state index contributed by atoms with van der Waals surface area (Å²) in [5.41, 5.74) is 2.65. The van der Waals surface area contributed by atoms with E-state index in [1.165, 1.54) is 0 Å². The average Bonchev–Trinajstić information content (AvgIpc) is 3.11. The number of esters is 1. The maximum Gasteiger partial charge on any atom is 0.362 e. The average molecular weight is 382 g/mol. The van der Waals surface area contributed by atoms with Crippen molar-refractivity contribution in [3.05, 3.63) is 65.4 Å². The maximum atomic E-state index is 12.3. The number of aromatic nitrogens is 3. The van der Waals surface area contributed by atoms with Crippen molar-refractivity contribution in [2.45, 2.75) is 20.1 Å². The Morgan fingerprint density at radius 2 is 1.79 bits per heavy atom. The third-order valence-corrected chi connectivity index (χ3v) is 4.09. The molecule has 1 aromatic heterocycles. The van der Waals surface area contributed by atoms with Crippen molar-refractivity contribution >= 4 is 17.5 Å². The van der Waals surface area contributed by atoms with Crippen LogP contribution in [0.4, 0.5) is 11.5 Å². The fraction of sp³-hybridized carbons (Fsp3) is 0.250. The number of methoxy groups -OCH3 is 1. The number of nitrogens with one attached hydrogen (secondary N) is 1. The highest BCUT2D eigenvalue weighted by Crippen LogP contribution is 2.23. The van der Waals surface area contributed by atoms with Crippen LogP contribution in [0.3, 0.4) is 0 Å². The van der Waals surface area contributed by atoms with Gasteiger partial charge in [0.25, 0.3) is 0 Å². The zero-order chi connectivity index (χ0) is 19.9. The van der Waals surface area contributed by atoms with Crippen molar-refractivity contribution in [2.24, 2.45) is 0 Å². The van der Waals surface area contributed by atoms with E-state index < -0.39 is 5.97 Å². The van der Waals surface area contributed by atoms with E-state index in [0.717, 1.165) is 22.6 Å². The zero-order valence-electron chi connectivity index (χ0n) is 15.8. The third kappa shape index (κ3) is 4.47. The Bertz CT molecular complexity index is 920. The number of carbonyl (C=O) groups is 1. The topological polar surface area (TPSA) is 98.5 Å². The van der Waals surface area contributed by atoms with E-state index in [0.29, 0.717) is 12.4 Å². The lowest BCUT2D eigenvalue weighted by Gasteiger charge is -2.11. The minimum absolute atomic E-state index is 0.0130. The van der Waals surface area contributed by atoms with Crippen molar-refractivity contribution in [1.82, 2.24) is 15.0 Å². The van der Waals surface area contributed by atoms with Crippen LogP contribution in [0.1, 0.15) is 28.5 Å². The molecule has 0 aliphatic carbocycles. The highest BCUT2D eigenvalue weighted by atomic mass is 16.5. The first kappa shape index (κ1) is 19.4. The van der Waals surface area contributed by atoms with Crippen LogP contribution in [0.5, 0.6) is 5.75 Å². The Kier molecular flexibility index (Phi) is 6.23. The van der Waals surface area contributed by atoms with Crippen LogP contribution in [0.15, 0.2) is 48.5 Å². The van der Waals surface area contributed by atoms with E-state index >= 15 is 0 Å². The number of hydrogen-bond donors (Lipinski definition) is 2. The first-order valence-electron chi connectivity index (χ1n) is 8.85. The number of anilines is 2. The van der Waals surface area contributed by atoms with E-state index in [1.807, 2.05) is 48.5 Å². The van der Waals surface area contributed by atoms with E-state index in [9.17, 15) is 9.90 Å². The van der Waals surface area contributed by atoms with Gasteiger partial charge in [-0.2, -0.15) is 0 Å². The number of carbonyl (C=O) groups excluding carboxylic acids is 1. The van der Waals surface area contributed by atoms with Gasteiger partial charge in [0.15, 0.2) is 5.82 Å². The van der Waals surface area contributed by atoms with Gasteiger partial charge >= 0.3 is 5.97 Å². The van der Waals surface area contributed by atoms with Gasteiger partial charge in [-0.3, -0.25) is 0 Å². The molecule has 28 heavy (non-hydrogen) atoms. The summed E-state index contributed by atoms with van der Waals surface area (Å²) in [7, 11) is 1.60. The van der Waals surface area contributed by atoms with Crippen LogP contribution in [-0.4, -0.2) is 39.8 Å². The number of rotatable bonds is 8. The molecule has 0 aliphatic heterocycles. The predicted octanol–water partition coefficient (Wildman–Crippen LogP) is 2.75. The molecule has 0 atom stereocenters. The van der Waals surface area contributed by atoms with Gasteiger partial charge in [0, 0.05) is 5.69 Å². The summed E-state index contributed by atoms with van der Waals surface area (Å²) >= 11 is 0. The molecular formula is C20H22N4O4. The number of aliphatic hydroxyl groups excluding tert-OH is 1. The van der Waals surface area contributed by atoms with Crippen molar-refractivity contribution in [2.75, 3.05) is 19.0 Å². The number of benzene rings is 2. The lowest BCUT2D eigenvalue weighted by Crippen LogP contribution is -2.11. The first-order valence-corrected chi connectivity index (χ1v) is 8.85. The van der Waals surface area contributed by atoms with Crippen molar-refractivity contribution in [3.8, 4) is 5.75 Å². The summed E-state index contributed by atoms with van der Waals surface area (Å²) in [5.74, 6) is 0.627. The van der Waals surface area contributed by atoms with Gasteiger partial charge in [-0.25, -0.2) is 9.48 Å². The molecule has 0 bridgehead atoms. The number of nitrogens with zero attached hydrogens (tertiary/aromatic N) is 3. The van der Waals surface area contributed by atoms with E-state index in [1.54, 1.807) is 18.7 Å².